The van der Waals surface area contributed by atoms with E-state index in [9.17, 15) is 14.7 Å². The molecule has 0 aromatic heterocycles. The number of aliphatic hydroxyl groups is 1. The SMILES string of the molecule is O=C1c2ccc(NC(=O)C(Cl)(Cl)Cl)cc2-c2ccccc2C1O. The van der Waals surface area contributed by atoms with E-state index in [1.54, 1.807) is 30.3 Å². The zero-order valence-electron chi connectivity index (χ0n) is 11.5. The number of anilines is 1. The maximum Gasteiger partial charge on any atom is 0.276 e. The second kappa shape index (κ2) is 5.80. The van der Waals surface area contributed by atoms with Gasteiger partial charge in [0.05, 0.1) is 0 Å². The summed E-state index contributed by atoms with van der Waals surface area (Å²) in [5.74, 6) is -1.18. The molecule has 4 nitrogen and oxygen atoms in total. The Kier molecular flexibility index (Phi) is 4.10. The van der Waals surface area contributed by atoms with Gasteiger partial charge in [0.2, 0.25) is 0 Å². The second-order valence-corrected chi connectivity index (χ2v) is 7.35. The van der Waals surface area contributed by atoms with Gasteiger partial charge >= 0.3 is 0 Å². The molecule has 0 fully saturated rings. The van der Waals surface area contributed by atoms with E-state index in [1.165, 1.54) is 12.1 Å². The molecule has 0 saturated heterocycles. The maximum absolute atomic E-state index is 12.3. The lowest BCUT2D eigenvalue weighted by molar-refractivity contribution is -0.115. The van der Waals surface area contributed by atoms with Gasteiger partial charge in [-0.3, -0.25) is 9.59 Å². The third-order valence-electron chi connectivity index (χ3n) is 3.59. The number of nitrogens with one attached hydrogen (secondary N) is 1. The van der Waals surface area contributed by atoms with Crippen molar-refractivity contribution in [2.45, 2.75) is 9.90 Å². The predicted octanol–water partition coefficient (Wildman–Crippen LogP) is 3.89. The van der Waals surface area contributed by atoms with Crippen LogP contribution in [0, 0.1) is 0 Å². The van der Waals surface area contributed by atoms with Gasteiger partial charge in [-0.25, -0.2) is 0 Å². The Morgan fingerprint density at radius 3 is 2.43 bits per heavy atom. The average molecular weight is 371 g/mol. The fourth-order valence-electron chi connectivity index (χ4n) is 2.53. The number of ketones is 1. The Balaban J connectivity index is 2.07. The largest absolute Gasteiger partial charge is 0.380 e. The molecule has 2 aromatic carbocycles. The second-order valence-electron chi connectivity index (χ2n) is 5.07. The summed E-state index contributed by atoms with van der Waals surface area (Å²) in [6.07, 6.45) is -1.19. The van der Waals surface area contributed by atoms with Crippen LogP contribution in [0.2, 0.25) is 0 Å². The highest BCUT2D eigenvalue weighted by molar-refractivity contribution is 6.76. The van der Waals surface area contributed by atoms with Crippen LogP contribution in [0.25, 0.3) is 11.1 Å². The molecule has 1 unspecified atom stereocenters. The Labute approximate surface area is 147 Å². The topological polar surface area (TPSA) is 66.4 Å². The van der Waals surface area contributed by atoms with Crippen LogP contribution in [0.3, 0.4) is 0 Å². The number of halogens is 3. The Bertz CT molecular complexity index is 814. The Morgan fingerprint density at radius 2 is 1.74 bits per heavy atom. The lowest BCUT2D eigenvalue weighted by atomic mass is 9.83. The normalized spacial score (nSPS) is 16.5. The van der Waals surface area contributed by atoms with E-state index in [0.717, 1.165) is 5.56 Å². The van der Waals surface area contributed by atoms with Gasteiger partial charge in [-0.15, -0.1) is 0 Å². The molecule has 2 aromatic rings. The van der Waals surface area contributed by atoms with Crippen LogP contribution in [0.5, 0.6) is 0 Å². The summed E-state index contributed by atoms with van der Waals surface area (Å²) in [7, 11) is 0. The summed E-state index contributed by atoms with van der Waals surface area (Å²) >= 11 is 16.6. The molecule has 118 valence electrons. The fraction of sp³-hybridized carbons (Fsp3) is 0.125. The molecule has 0 radical (unpaired) electrons. The fourth-order valence-corrected chi connectivity index (χ4v) is 2.67. The van der Waals surface area contributed by atoms with Crippen molar-refractivity contribution in [3.05, 3.63) is 53.6 Å². The lowest BCUT2D eigenvalue weighted by Gasteiger charge is -2.24. The van der Waals surface area contributed by atoms with Crippen molar-refractivity contribution in [2.75, 3.05) is 5.32 Å². The summed E-state index contributed by atoms with van der Waals surface area (Å²) in [5.41, 5.74) is 2.62. The molecular weight excluding hydrogens is 361 g/mol. The van der Waals surface area contributed by atoms with Gasteiger partial charge < -0.3 is 10.4 Å². The quantitative estimate of drug-likeness (QED) is 0.748. The number of rotatable bonds is 1. The third kappa shape index (κ3) is 2.95. The van der Waals surface area contributed by atoms with E-state index < -0.39 is 21.6 Å². The minimum absolute atomic E-state index is 0.378. The molecule has 1 atom stereocenters. The summed E-state index contributed by atoms with van der Waals surface area (Å²) < 4.78 is -2.08. The zero-order chi connectivity index (χ0) is 16.8. The van der Waals surface area contributed by atoms with E-state index in [-0.39, 0.29) is 0 Å². The molecule has 23 heavy (non-hydrogen) atoms. The van der Waals surface area contributed by atoms with Gasteiger partial charge in [0, 0.05) is 11.3 Å². The molecule has 0 aliphatic heterocycles. The molecule has 1 aliphatic rings. The number of carbonyl (C=O) groups is 2. The average Bonchev–Trinajstić information content (AvgIpc) is 2.51. The first kappa shape index (κ1) is 16.3. The summed E-state index contributed by atoms with van der Waals surface area (Å²) in [6.45, 7) is 0. The number of aliphatic hydroxyl groups excluding tert-OH is 1. The van der Waals surface area contributed by atoms with Crippen molar-refractivity contribution in [2.24, 2.45) is 0 Å². The van der Waals surface area contributed by atoms with Gasteiger partial charge in [0.25, 0.3) is 9.70 Å². The molecule has 7 heteroatoms. The standard InChI is InChI=1S/C16H10Cl3NO3/c17-16(18,19)15(23)20-8-5-6-11-12(7-8)9-3-1-2-4-10(9)13(21)14(11)22/h1-7,13,21H,(H,20,23). The first-order chi connectivity index (χ1) is 10.8. The minimum Gasteiger partial charge on any atom is -0.380 e. The number of amides is 1. The van der Waals surface area contributed by atoms with E-state index in [1.807, 2.05) is 0 Å². The van der Waals surface area contributed by atoms with Gasteiger partial charge in [0.1, 0.15) is 6.10 Å². The molecule has 0 heterocycles. The maximum atomic E-state index is 12.3. The van der Waals surface area contributed by atoms with E-state index in [0.29, 0.717) is 22.4 Å². The Morgan fingerprint density at radius 1 is 1.04 bits per heavy atom. The monoisotopic (exact) mass is 369 g/mol. The van der Waals surface area contributed by atoms with Crippen molar-refractivity contribution in [3.8, 4) is 11.1 Å². The van der Waals surface area contributed by atoms with Gasteiger partial charge in [0.15, 0.2) is 5.78 Å². The first-order valence-corrected chi connectivity index (χ1v) is 7.76. The van der Waals surface area contributed by atoms with Crippen molar-refractivity contribution >= 4 is 52.2 Å². The molecule has 0 spiro atoms. The molecule has 3 rings (SSSR count). The van der Waals surface area contributed by atoms with Crippen molar-refractivity contribution in [1.82, 2.24) is 0 Å². The number of carbonyl (C=O) groups excluding carboxylic acids is 2. The molecule has 0 bridgehead atoms. The molecule has 0 saturated carbocycles. The summed E-state index contributed by atoms with van der Waals surface area (Å²) in [4.78, 5) is 24.0. The van der Waals surface area contributed by atoms with Crippen LogP contribution in [0.1, 0.15) is 22.0 Å². The van der Waals surface area contributed by atoms with E-state index in [4.69, 9.17) is 34.8 Å². The third-order valence-corrected chi connectivity index (χ3v) is 4.11. The van der Waals surface area contributed by atoms with E-state index in [2.05, 4.69) is 5.32 Å². The van der Waals surface area contributed by atoms with Gasteiger partial charge in [-0.05, 0) is 34.9 Å². The van der Waals surface area contributed by atoms with E-state index >= 15 is 0 Å². The smallest absolute Gasteiger partial charge is 0.276 e. The number of Topliss-reactive ketones (excluding diaryl/α,β-unsaturated/α-hetero) is 1. The highest BCUT2D eigenvalue weighted by Crippen LogP contribution is 2.39. The first-order valence-electron chi connectivity index (χ1n) is 6.63. The predicted molar refractivity (Wildman–Crippen MR) is 90.1 cm³/mol. The number of alkyl halides is 3. The minimum atomic E-state index is -2.08. The number of fused-ring (bicyclic) bond motifs is 3. The van der Waals surface area contributed by atoms with Crippen LogP contribution in [-0.2, 0) is 4.79 Å². The van der Waals surface area contributed by atoms with Gasteiger partial charge in [-0.2, -0.15) is 0 Å². The van der Waals surface area contributed by atoms with Crippen LogP contribution < -0.4 is 5.32 Å². The number of hydrogen-bond acceptors (Lipinski definition) is 3. The Hall–Kier alpha value is -1.59. The van der Waals surface area contributed by atoms with Crippen LogP contribution in [0.4, 0.5) is 5.69 Å². The zero-order valence-corrected chi connectivity index (χ0v) is 13.8. The van der Waals surface area contributed by atoms with Crippen molar-refractivity contribution < 1.29 is 14.7 Å². The van der Waals surface area contributed by atoms with Crippen LogP contribution in [-0.4, -0.2) is 20.6 Å². The number of hydrogen-bond donors (Lipinski definition) is 2. The van der Waals surface area contributed by atoms with Crippen molar-refractivity contribution in [1.29, 1.82) is 0 Å². The molecular formula is C16H10Cl3NO3. The highest BCUT2D eigenvalue weighted by Gasteiger charge is 2.32. The summed E-state index contributed by atoms with van der Waals surface area (Å²) in [5, 5.41) is 12.6. The van der Waals surface area contributed by atoms with Gasteiger partial charge in [-0.1, -0.05) is 59.1 Å². The summed E-state index contributed by atoms with van der Waals surface area (Å²) in [6, 6.07) is 11.7. The lowest BCUT2D eigenvalue weighted by Crippen LogP contribution is -2.27. The number of benzene rings is 2. The molecule has 1 aliphatic carbocycles. The van der Waals surface area contributed by atoms with Crippen molar-refractivity contribution in [3.63, 3.8) is 0 Å². The van der Waals surface area contributed by atoms with Crippen LogP contribution in [0.15, 0.2) is 42.5 Å². The molecule has 2 N–H and O–H groups in total. The molecule has 1 amide bonds. The highest BCUT2D eigenvalue weighted by atomic mass is 35.6. The van der Waals surface area contributed by atoms with Crippen LogP contribution >= 0.6 is 34.8 Å².